The monoisotopic (exact) mass is 805 g/mol. The van der Waals surface area contributed by atoms with E-state index in [9.17, 15) is 0 Å². The highest BCUT2D eigenvalue weighted by Crippen LogP contribution is 2.80. The summed E-state index contributed by atoms with van der Waals surface area (Å²) in [7, 11) is 0. The molecule has 0 aromatic heterocycles. The molecule has 11 saturated carbocycles. The number of hydrogen-bond acceptors (Lipinski definition) is 0. The third-order valence-electron chi connectivity index (χ3n) is 25.1. The summed E-state index contributed by atoms with van der Waals surface area (Å²) < 4.78 is 0. The van der Waals surface area contributed by atoms with E-state index in [-0.39, 0.29) is 0 Å². The normalized spacial score (nSPS) is 53.5. The van der Waals surface area contributed by atoms with Gasteiger partial charge < -0.3 is 0 Å². The van der Waals surface area contributed by atoms with Gasteiger partial charge in [0.1, 0.15) is 0 Å². The molecule has 0 radical (unpaired) electrons. The van der Waals surface area contributed by atoms with E-state index < -0.39 is 0 Å². The van der Waals surface area contributed by atoms with Gasteiger partial charge in [-0.3, -0.25) is 0 Å². The molecule has 0 saturated heterocycles. The lowest BCUT2D eigenvalue weighted by Crippen LogP contribution is -2.67. The third kappa shape index (κ3) is 6.23. The molecule has 0 aromatic carbocycles. The van der Waals surface area contributed by atoms with Crippen molar-refractivity contribution < 1.29 is 0 Å². The zero-order valence-corrected chi connectivity index (χ0v) is 40.1. The molecule has 17 atom stereocenters. The molecule has 12 aliphatic carbocycles. The van der Waals surface area contributed by atoms with Crippen LogP contribution in [-0.4, -0.2) is 0 Å². The van der Waals surface area contributed by atoms with Gasteiger partial charge >= 0.3 is 0 Å². The van der Waals surface area contributed by atoms with Crippen molar-refractivity contribution in [2.45, 2.75) is 234 Å². The van der Waals surface area contributed by atoms with Crippen LogP contribution in [0.2, 0.25) is 0 Å². The molecule has 0 N–H and O–H groups in total. The number of fused-ring (bicyclic) bond motifs is 1. The number of allylic oxidation sites excluding steroid dienone is 2. The maximum atomic E-state index is 2.84. The van der Waals surface area contributed by atoms with Crippen molar-refractivity contribution in [2.24, 2.45) is 123 Å². The lowest BCUT2D eigenvalue weighted by Gasteiger charge is -2.73. The van der Waals surface area contributed by atoms with E-state index >= 15 is 0 Å². The van der Waals surface area contributed by atoms with Gasteiger partial charge in [-0.05, 0) is 226 Å². The summed E-state index contributed by atoms with van der Waals surface area (Å²) in [4.78, 5) is 0. The van der Waals surface area contributed by atoms with E-state index in [2.05, 4.69) is 41.5 Å². The molecular weight excluding hydrogens is 709 g/mol. The van der Waals surface area contributed by atoms with Gasteiger partial charge in [-0.15, -0.1) is 0 Å². The van der Waals surface area contributed by atoms with Crippen molar-refractivity contribution in [1.29, 1.82) is 0 Å². The molecular formula is C59H96. The number of rotatable bonds is 5. The van der Waals surface area contributed by atoms with Crippen molar-refractivity contribution in [3.05, 3.63) is 11.1 Å². The Morgan fingerprint density at radius 2 is 1.27 bits per heavy atom. The minimum atomic E-state index is 0.523. The maximum Gasteiger partial charge on any atom is -0.00427 e. The smallest absolute Gasteiger partial charge is 0.00427 e. The molecule has 11 fully saturated rings. The van der Waals surface area contributed by atoms with Gasteiger partial charge in [0.25, 0.3) is 0 Å². The second-order valence-corrected chi connectivity index (χ2v) is 26.5. The van der Waals surface area contributed by atoms with Crippen LogP contribution < -0.4 is 0 Å². The van der Waals surface area contributed by atoms with Crippen LogP contribution in [0.4, 0.5) is 0 Å². The first-order valence-corrected chi connectivity index (χ1v) is 28.4. The van der Waals surface area contributed by atoms with Crippen LogP contribution in [0.15, 0.2) is 11.1 Å². The SMILES string of the molecule is CCC1CCC(C23CC(C4CCCC4)C2C[C@H](CC)C2CC4=C(C)C([C@@H](C)C5CCCC5C5CC(C5)C([C@H]5CCCCCCC5C)C5CCC5C35CCCC5)C4(C)C2)C1. The van der Waals surface area contributed by atoms with Crippen LogP contribution in [0, 0.1) is 123 Å². The van der Waals surface area contributed by atoms with Crippen molar-refractivity contribution in [2.75, 3.05) is 0 Å². The highest BCUT2D eigenvalue weighted by molar-refractivity contribution is 5.41. The minimum absolute atomic E-state index is 0.523. The van der Waals surface area contributed by atoms with E-state index in [4.69, 9.17) is 0 Å². The molecule has 0 aromatic rings. The summed E-state index contributed by atoms with van der Waals surface area (Å²) in [6.07, 6.45) is 47.5. The largest absolute Gasteiger partial charge is 0.0693 e. The lowest BCUT2D eigenvalue weighted by molar-refractivity contribution is -0.250. The standard InChI is InChI=1S/C59H96/c1-7-40-24-25-46(30-40)59-36-51(42-19-13-14-20-42)54(59)33-41(8-2)45-34-53-39(5)56(57(53,6)35-45)38(4)48-22-17-23-49(48)43-31-44(32-43)55(47-21-12-10-9-11-18-37(47)3)50-26-27-52(50)58(59)28-15-16-29-58/h37-38,40-52,54-56H,7-36H2,1-6H3/t37?,38-,40?,41-,43?,44?,45?,46?,47-,48?,49?,50?,51?,52?,54?,55?,56?,57?,59?/m0/s1. The molecule has 12 rings (SSSR count). The maximum absolute atomic E-state index is 2.84. The predicted octanol–water partition coefficient (Wildman–Crippen LogP) is 17.3. The van der Waals surface area contributed by atoms with E-state index in [1.165, 1.54) is 38.5 Å². The van der Waals surface area contributed by atoms with Gasteiger partial charge in [0.05, 0.1) is 0 Å². The highest BCUT2D eigenvalue weighted by Gasteiger charge is 2.73. The first-order chi connectivity index (χ1) is 28.7. The van der Waals surface area contributed by atoms with Crippen LogP contribution in [0.25, 0.3) is 0 Å². The summed E-state index contributed by atoms with van der Waals surface area (Å²) in [6, 6.07) is 0. The fraction of sp³-hybridized carbons (Fsp3) is 0.966. The Hall–Kier alpha value is -0.260. The van der Waals surface area contributed by atoms with Crippen molar-refractivity contribution in [3.8, 4) is 0 Å². The van der Waals surface area contributed by atoms with E-state index in [0.717, 1.165) is 107 Å². The van der Waals surface area contributed by atoms with Crippen molar-refractivity contribution >= 4 is 0 Å². The van der Waals surface area contributed by atoms with Gasteiger partial charge in [-0.25, -0.2) is 0 Å². The Labute approximate surface area is 366 Å². The first kappa shape index (κ1) is 41.4. The van der Waals surface area contributed by atoms with Gasteiger partial charge in [0.2, 0.25) is 0 Å². The van der Waals surface area contributed by atoms with Crippen LogP contribution in [-0.2, 0) is 0 Å². The van der Waals surface area contributed by atoms with E-state index in [0.29, 0.717) is 16.2 Å². The Bertz CT molecular complexity index is 1510. The van der Waals surface area contributed by atoms with E-state index in [1.54, 1.807) is 154 Å². The molecule has 0 nitrogen and oxygen atoms in total. The fourth-order valence-electron chi connectivity index (χ4n) is 22.6. The molecule has 4 bridgehead atoms. The zero-order chi connectivity index (χ0) is 40.3. The average molecular weight is 805 g/mol. The van der Waals surface area contributed by atoms with Gasteiger partial charge in [-0.2, -0.15) is 0 Å². The topological polar surface area (TPSA) is 0 Å². The second kappa shape index (κ2) is 16.0. The minimum Gasteiger partial charge on any atom is -0.0693 e. The van der Waals surface area contributed by atoms with Gasteiger partial charge in [0.15, 0.2) is 0 Å². The van der Waals surface area contributed by atoms with Crippen molar-refractivity contribution in [3.63, 3.8) is 0 Å². The molecule has 1 spiro atoms. The quantitative estimate of drug-likeness (QED) is 0.243. The second-order valence-electron chi connectivity index (χ2n) is 26.5. The third-order valence-corrected chi connectivity index (χ3v) is 25.1. The first-order valence-electron chi connectivity index (χ1n) is 28.4. The van der Waals surface area contributed by atoms with Crippen LogP contribution in [0.1, 0.15) is 234 Å². The Balaban J connectivity index is 1.04. The summed E-state index contributed by atoms with van der Waals surface area (Å²) in [5.74, 6) is 18.4. The summed E-state index contributed by atoms with van der Waals surface area (Å²) in [5, 5.41) is 0. The van der Waals surface area contributed by atoms with Crippen LogP contribution in [0.5, 0.6) is 0 Å². The van der Waals surface area contributed by atoms with Gasteiger partial charge in [0, 0.05) is 0 Å². The Morgan fingerprint density at radius 1 is 0.542 bits per heavy atom. The van der Waals surface area contributed by atoms with Crippen LogP contribution >= 0.6 is 0 Å². The zero-order valence-electron chi connectivity index (χ0n) is 40.1. The Kier molecular flexibility index (Phi) is 11.2. The van der Waals surface area contributed by atoms with E-state index in [1.807, 2.05) is 11.1 Å². The van der Waals surface area contributed by atoms with Gasteiger partial charge in [-0.1, -0.05) is 142 Å². The average Bonchev–Trinajstić information content (AvgIpc) is 4.04. The molecule has 0 heteroatoms. The molecule has 0 aliphatic heterocycles. The predicted molar refractivity (Wildman–Crippen MR) is 250 cm³/mol. The summed E-state index contributed by atoms with van der Waals surface area (Å²) in [5.41, 5.74) is 5.80. The lowest BCUT2D eigenvalue weighted by atomic mass is 9.31. The van der Waals surface area contributed by atoms with Crippen molar-refractivity contribution in [1.82, 2.24) is 0 Å². The molecule has 59 heavy (non-hydrogen) atoms. The molecule has 12 aliphatic rings. The Morgan fingerprint density at radius 3 is 1.98 bits per heavy atom. The fourth-order valence-corrected chi connectivity index (χ4v) is 22.6. The number of hydrogen-bond donors (Lipinski definition) is 0. The highest BCUT2D eigenvalue weighted by atomic mass is 14.8. The molecule has 14 unspecified atom stereocenters. The molecule has 332 valence electrons. The summed E-state index contributed by atoms with van der Waals surface area (Å²) >= 11 is 0. The molecule has 0 amide bonds. The van der Waals surface area contributed by atoms with Crippen LogP contribution in [0.3, 0.4) is 0 Å². The summed E-state index contributed by atoms with van der Waals surface area (Å²) in [6.45, 7) is 16.4. The molecule has 0 heterocycles.